The van der Waals surface area contributed by atoms with Gasteiger partial charge in [0, 0.05) is 10.9 Å². The predicted octanol–water partition coefficient (Wildman–Crippen LogP) is 4.07. The second-order valence-electron chi connectivity index (χ2n) is 3.55. The van der Waals surface area contributed by atoms with Gasteiger partial charge in [0.05, 0.1) is 0 Å². The van der Waals surface area contributed by atoms with Crippen molar-refractivity contribution in [1.29, 1.82) is 0 Å². The number of rotatable bonds is 3. The number of hydrogen-bond acceptors (Lipinski definition) is 0. The standard InChI is InChI=1S/C11H14Cl2/c1-8(7-12)5-10-3-4-11(13)9(2)6-10/h3-4,6,8H,5,7H2,1-2H3. The summed E-state index contributed by atoms with van der Waals surface area (Å²) in [6.45, 7) is 4.17. The highest BCUT2D eigenvalue weighted by molar-refractivity contribution is 6.31. The zero-order valence-electron chi connectivity index (χ0n) is 7.98. The minimum atomic E-state index is 0.530. The molecule has 0 aliphatic carbocycles. The van der Waals surface area contributed by atoms with Crippen molar-refractivity contribution in [1.82, 2.24) is 0 Å². The Balaban J connectivity index is 2.73. The number of hydrogen-bond donors (Lipinski definition) is 0. The van der Waals surface area contributed by atoms with E-state index in [0.717, 1.165) is 17.0 Å². The topological polar surface area (TPSA) is 0 Å². The van der Waals surface area contributed by atoms with Gasteiger partial charge in [0.1, 0.15) is 0 Å². The third-order valence-electron chi connectivity index (χ3n) is 2.07. The molecule has 0 aliphatic heterocycles. The van der Waals surface area contributed by atoms with Crippen molar-refractivity contribution in [3.63, 3.8) is 0 Å². The second-order valence-corrected chi connectivity index (χ2v) is 4.26. The molecule has 1 rings (SSSR count). The SMILES string of the molecule is Cc1cc(CC(C)CCl)ccc1Cl. The van der Waals surface area contributed by atoms with Crippen LogP contribution >= 0.6 is 23.2 Å². The molecule has 0 amide bonds. The van der Waals surface area contributed by atoms with Crippen molar-refractivity contribution in [3.05, 3.63) is 34.3 Å². The first-order chi connectivity index (χ1) is 6.13. The molecule has 0 nitrogen and oxygen atoms in total. The van der Waals surface area contributed by atoms with Crippen molar-refractivity contribution in [2.75, 3.05) is 5.88 Å². The fourth-order valence-corrected chi connectivity index (χ4v) is 1.52. The van der Waals surface area contributed by atoms with Crippen LogP contribution in [0.15, 0.2) is 18.2 Å². The van der Waals surface area contributed by atoms with E-state index in [0.29, 0.717) is 11.8 Å². The fourth-order valence-electron chi connectivity index (χ4n) is 1.29. The van der Waals surface area contributed by atoms with Gasteiger partial charge in [-0.15, -0.1) is 11.6 Å². The molecule has 0 fully saturated rings. The molecule has 0 saturated heterocycles. The van der Waals surface area contributed by atoms with E-state index in [1.165, 1.54) is 5.56 Å². The average Bonchev–Trinajstić information content (AvgIpc) is 2.11. The molecule has 1 aromatic rings. The molecule has 0 heterocycles. The van der Waals surface area contributed by atoms with Gasteiger partial charge in [0.15, 0.2) is 0 Å². The summed E-state index contributed by atoms with van der Waals surface area (Å²) in [5, 5.41) is 0.835. The maximum Gasteiger partial charge on any atom is 0.0435 e. The lowest BCUT2D eigenvalue weighted by molar-refractivity contribution is 0.654. The van der Waals surface area contributed by atoms with Crippen LogP contribution in [-0.2, 0) is 6.42 Å². The van der Waals surface area contributed by atoms with Crippen LogP contribution in [0.1, 0.15) is 18.1 Å². The summed E-state index contributed by atoms with van der Waals surface area (Å²) in [4.78, 5) is 0. The van der Waals surface area contributed by atoms with Crippen molar-refractivity contribution in [2.45, 2.75) is 20.3 Å². The lowest BCUT2D eigenvalue weighted by Gasteiger charge is -2.08. The van der Waals surface area contributed by atoms with Crippen molar-refractivity contribution < 1.29 is 0 Å². The Morgan fingerprint density at radius 3 is 2.62 bits per heavy atom. The van der Waals surface area contributed by atoms with Crippen LogP contribution in [0.3, 0.4) is 0 Å². The maximum absolute atomic E-state index is 5.93. The lowest BCUT2D eigenvalue weighted by Crippen LogP contribution is -2.00. The molecule has 1 unspecified atom stereocenters. The van der Waals surface area contributed by atoms with Gasteiger partial charge in [-0.2, -0.15) is 0 Å². The zero-order chi connectivity index (χ0) is 9.84. The Hall–Kier alpha value is -0.200. The first-order valence-electron chi connectivity index (χ1n) is 4.44. The molecular weight excluding hydrogens is 203 g/mol. The molecule has 0 bridgehead atoms. The summed E-state index contributed by atoms with van der Waals surface area (Å²) in [5.74, 6) is 1.24. The van der Waals surface area contributed by atoms with Crippen LogP contribution in [0, 0.1) is 12.8 Å². The molecule has 1 aromatic carbocycles. The fraction of sp³-hybridized carbons (Fsp3) is 0.455. The normalized spacial score (nSPS) is 12.9. The third kappa shape index (κ3) is 3.21. The molecule has 0 aromatic heterocycles. The van der Waals surface area contributed by atoms with Crippen LogP contribution < -0.4 is 0 Å². The van der Waals surface area contributed by atoms with Crippen molar-refractivity contribution in [3.8, 4) is 0 Å². The molecule has 0 N–H and O–H groups in total. The smallest absolute Gasteiger partial charge is 0.0435 e. The summed E-state index contributed by atoms with van der Waals surface area (Å²) < 4.78 is 0. The second kappa shape index (κ2) is 4.88. The molecule has 0 aliphatic rings. The number of benzene rings is 1. The molecule has 0 spiro atoms. The predicted molar refractivity (Wildman–Crippen MR) is 59.8 cm³/mol. The Bertz CT molecular complexity index is 281. The van der Waals surface area contributed by atoms with E-state index in [4.69, 9.17) is 23.2 Å². The largest absolute Gasteiger partial charge is 0.126 e. The monoisotopic (exact) mass is 216 g/mol. The minimum Gasteiger partial charge on any atom is -0.126 e. The van der Waals surface area contributed by atoms with Crippen molar-refractivity contribution >= 4 is 23.2 Å². The number of alkyl halides is 1. The Kier molecular flexibility index (Phi) is 4.08. The Morgan fingerprint density at radius 1 is 1.38 bits per heavy atom. The van der Waals surface area contributed by atoms with Crippen LogP contribution in [0.5, 0.6) is 0 Å². The van der Waals surface area contributed by atoms with E-state index in [2.05, 4.69) is 19.1 Å². The van der Waals surface area contributed by atoms with Gasteiger partial charge in [0.2, 0.25) is 0 Å². The summed E-state index contributed by atoms with van der Waals surface area (Å²) >= 11 is 11.7. The number of halogens is 2. The van der Waals surface area contributed by atoms with Gasteiger partial charge >= 0.3 is 0 Å². The molecular formula is C11H14Cl2. The van der Waals surface area contributed by atoms with Crippen LogP contribution in [0.25, 0.3) is 0 Å². The Morgan fingerprint density at radius 2 is 2.08 bits per heavy atom. The van der Waals surface area contributed by atoms with Gasteiger partial charge in [-0.1, -0.05) is 30.7 Å². The first kappa shape index (κ1) is 10.9. The van der Waals surface area contributed by atoms with Gasteiger partial charge in [-0.3, -0.25) is 0 Å². The average molecular weight is 217 g/mol. The zero-order valence-corrected chi connectivity index (χ0v) is 9.49. The lowest BCUT2D eigenvalue weighted by atomic mass is 10.0. The number of aryl methyl sites for hydroxylation is 1. The van der Waals surface area contributed by atoms with Gasteiger partial charge in [0.25, 0.3) is 0 Å². The van der Waals surface area contributed by atoms with E-state index in [1.54, 1.807) is 0 Å². The quantitative estimate of drug-likeness (QED) is 0.669. The maximum atomic E-state index is 5.93. The van der Waals surface area contributed by atoms with Crippen LogP contribution in [0.4, 0.5) is 0 Å². The summed E-state index contributed by atoms with van der Waals surface area (Å²) in [6.07, 6.45) is 1.03. The van der Waals surface area contributed by atoms with Gasteiger partial charge in [-0.25, -0.2) is 0 Å². The van der Waals surface area contributed by atoms with E-state index in [9.17, 15) is 0 Å². The van der Waals surface area contributed by atoms with Gasteiger partial charge < -0.3 is 0 Å². The molecule has 0 saturated carbocycles. The molecule has 13 heavy (non-hydrogen) atoms. The van der Waals surface area contributed by atoms with E-state index in [-0.39, 0.29) is 0 Å². The van der Waals surface area contributed by atoms with Crippen molar-refractivity contribution in [2.24, 2.45) is 5.92 Å². The summed E-state index contributed by atoms with van der Waals surface area (Å²) in [6, 6.07) is 6.15. The molecule has 2 heteroatoms. The van der Waals surface area contributed by atoms with Crippen LogP contribution in [0.2, 0.25) is 5.02 Å². The molecule has 0 radical (unpaired) electrons. The molecule has 72 valence electrons. The highest BCUT2D eigenvalue weighted by atomic mass is 35.5. The summed E-state index contributed by atoms with van der Waals surface area (Å²) in [7, 11) is 0. The van der Waals surface area contributed by atoms with E-state index < -0.39 is 0 Å². The Labute approximate surface area is 89.9 Å². The van der Waals surface area contributed by atoms with E-state index in [1.807, 2.05) is 13.0 Å². The minimum absolute atomic E-state index is 0.530. The van der Waals surface area contributed by atoms with E-state index >= 15 is 0 Å². The van der Waals surface area contributed by atoms with Crippen LogP contribution in [-0.4, -0.2) is 5.88 Å². The highest BCUT2D eigenvalue weighted by Crippen LogP contribution is 2.18. The first-order valence-corrected chi connectivity index (χ1v) is 5.35. The van der Waals surface area contributed by atoms with Gasteiger partial charge in [-0.05, 0) is 36.5 Å². The molecule has 1 atom stereocenters. The highest BCUT2D eigenvalue weighted by Gasteiger charge is 2.03. The third-order valence-corrected chi connectivity index (χ3v) is 3.02. The summed E-state index contributed by atoms with van der Waals surface area (Å²) in [5.41, 5.74) is 2.45.